The van der Waals surface area contributed by atoms with E-state index in [1.54, 1.807) is 0 Å². The highest BCUT2D eigenvalue weighted by Gasteiger charge is 2.49. The molecule has 1 heterocycles. The van der Waals surface area contributed by atoms with E-state index in [0.29, 0.717) is 4.31 Å². The van der Waals surface area contributed by atoms with E-state index >= 15 is 0 Å². The summed E-state index contributed by atoms with van der Waals surface area (Å²) in [6.45, 7) is 3.41. The van der Waals surface area contributed by atoms with Crippen LogP contribution in [0.3, 0.4) is 0 Å². The van der Waals surface area contributed by atoms with Gasteiger partial charge in [0.2, 0.25) is 10.0 Å². The Labute approximate surface area is 165 Å². The van der Waals surface area contributed by atoms with E-state index in [1.807, 2.05) is 0 Å². The molecular formula is C17H19ClF3N3O3S. The summed E-state index contributed by atoms with van der Waals surface area (Å²) in [5.41, 5.74) is -1.23. The Morgan fingerprint density at radius 1 is 1.21 bits per heavy atom. The second-order valence-electron chi connectivity index (χ2n) is 6.17. The second-order valence-corrected chi connectivity index (χ2v) is 8.44. The van der Waals surface area contributed by atoms with Gasteiger partial charge in [-0.05, 0) is 31.5 Å². The maximum atomic E-state index is 13.9. The molecule has 0 N–H and O–H groups in total. The minimum absolute atomic E-state index is 0.0601. The molecule has 1 atom stereocenters. The lowest BCUT2D eigenvalue weighted by atomic mass is 10.1. The molecule has 0 fully saturated rings. The van der Waals surface area contributed by atoms with Crippen LogP contribution >= 0.6 is 11.6 Å². The van der Waals surface area contributed by atoms with Gasteiger partial charge < -0.3 is 0 Å². The van der Waals surface area contributed by atoms with Gasteiger partial charge in [0.25, 0.3) is 5.56 Å². The van der Waals surface area contributed by atoms with Crippen LogP contribution in [0.25, 0.3) is 0 Å². The number of sulfonamides is 1. The van der Waals surface area contributed by atoms with Gasteiger partial charge in [0, 0.05) is 24.2 Å². The highest BCUT2D eigenvalue weighted by molar-refractivity contribution is 7.89. The molecule has 2 aromatic rings. The summed E-state index contributed by atoms with van der Waals surface area (Å²) in [6.07, 6.45) is -4.90. The molecule has 28 heavy (non-hydrogen) atoms. The van der Waals surface area contributed by atoms with Gasteiger partial charge in [-0.3, -0.25) is 4.79 Å². The fourth-order valence-corrected chi connectivity index (χ4v) is 5.19. The normalized spacial score (nSPS) is 13.8. The SMILES string of the molecule is CCN([C@H](c1ccc(Cl)cc1)C(F)(F)F)S(=O)(=O)c1c(C)nn(C)c(=O)c1C. The van der Waals surface area contributed by atoms with E-state index in [2.05, 4.69) is 5.10 Å². The third-order valence-corrected chi connectivity index (χ3v) is 6.70. The standard InChI is InChI=1S/C17H19ClF3N3O3S/c1-5-24(15(17(19,20)21)12-6-8-13(18)9-7-12)28(26,27)14-10(2)16(25)23(4)22-11(14)3/h6-9,15H,5H2,1-4H3/t15-/m1/s1. The van der Waals surface area contributed by atoms with Crippen LogP contribution in [-0.4, -0.2) is 35.2 Å². The van der Waals surface area contributed by atoms with Crippen molar-refractivity contribution in [1.29, 1.82) is 0 Å². The van der Waals surface area contributed by atoms with Crippen molar-refractivity contribution in [3.8, 4) is 0 Å². The molecule has 6 nitrogen and oxygen atoms in total. The number of hydrogen-bond acceptors (Lipinski definition) is 4. The molecule has 0 radical (unpaired) electrons. The number of hydrogen-bond donors (Lipinski definition) is 0. The van der Waals surface area contributed by atoms with E-state index in [4.69, 9.17) is 11.6 Å². The molecular weight excluding hydrogens is 419 g/mol. The Morgan fingerprint density at radius 2 is 1.75 bits per heavy atom. The van der Waals surface area contributed by atoms with Crippen LogP contribution < -0.4 is 5.56 Å². The van der Waals surface area contributed by atoms with Crippen LogP contribution in [0.5, 0.6) is 0 Å². The van der Waals surface area contributed by atoms with Crippen LogP contribution in [0, 0.1) is 13.8 Å². The first kappa shape index (κ1) is 22.4. The second kappa shape index (κ2) is 7.84. The number of aryl methyl sites for hydroxylation is 2. The van der Waals surface area contributed by atoms with Crippen molar-refractivity contribution in [3.05, 3.63) is 56.5 Å². The first-order valence-electron chi connectivity index (χ1n) is 8.20. The molecule has 154 valence electrons. The molecule has 0 aliphatic rings. The Bertz CT molecular complexity index is 1030. The van der Waals surface area contributed by atoms with Crippen LogP contribution in [-0.2, 0) is 17.1 Å². The third-order valence-electron chi connectivity index (χ3n) is 4.25. The number of benzene rings is 1. The zero-order valence-electron chi connectivity index (χ0n) is 15.6. The van der Waals surface area contributed by atoms with Crippen LogP contribution in [0.2, 0.25) is 5.02 Å². The third kappa shape index (κ3) is 4.08. The lowest BCUT2D eigenvalue weighted by Gasteiger charge is -2.32. The lowest BCUT2D eigenvalue weighted by molar-refractivity contribution is -0.173. The quantitative estimate of drug-likeness (QED) is 0.719. The molecule has 2 rings (SSSR count). The topological polar surface area (TPSA) is 72.3 Å². The van der Waals surface area contributed by atoms with Gasteiger partial charge in [0.05, 0.1) is 5.69 Å². The predicted octanol–water partition coefficient (Wildman–Crippen LogP) is 3.36. The maximum Gasteiger partial charge on any atom is 0.409 e. The van der Waals surface area contributed by atoms with Gasteiger partial charge in [-0.1, -0.05) is 30.7 Å². The molecule has 1 aromatic carbocycles. The first-order valence-corrected chi connectivity index (χ1v) is 10.0. The average Bonchev–Trinajstić information content (AvgIpc) is 2.57. The minimum Gasteiger partial charge on any atom is -0.267 e. The molecule has 0 saturated carbocycles. The summed E-state index contributed by atoms with van der Waals surface area (Å²) < 4.78 is 69.4. The maximum absolute atomic E-state index is 13.9. The van der Waals surface area contributed by atoms with E-state index in [-0.39, 0.29) is 21.8 Å². The number of nitrogens with zero attached hydrogens (tertiary/aromatic N) is 3. The Kier molecular flexibility index (Phi) is 6.27. The predicted molar refractivity (Wildman–Crippen MR) is 98.8 cm³/mol. The van der Waals surface area contributed by atoms with Gasteiger partial charge in [0.15, 0.2) is 0 Å². The van der Waals surface area contributed by atoms with Crippen molar-refractivity contribution in [2.24, 2.45) is 7.05 Å². The van der Waals surface area contributed by atoms with Crippen molar-refractivity contribution >= 4 is 21.6 Å². The highest BCUT2D eigenvalue weighted by atomic mass is 35.5. The van der Waals surface area contributed by atoms with E-state index in [0.717, 1.165) is 16.8 Å². The summed E-state index contributed by atoms with van der Waals surface area (Å²) in [6, 6.07) is 2.32. The number of halogens is 4. The fourth-order valence-electron chi connectivity index (χ4n) is 3.08. The summed E-state index contributed by atoms with van der Waals surface area (Å²) in [4.78, 5) is 11.6. The number of alkyl halides is 3. The molecule has 0 unspecified atom stereocenters. The summed E-state index contributed by atoms with van der Waals surface area (Å²) >= 11 is 5.75. The molecule has 11 heteroatoms. The van der Waals surface area contributed by atoms with Gasteiger partial charge in [-0.15, -0.1) is 0 Å². The molecule has 0 saturated heterocycles. The van der Waals surface area contributed by atoms with Crippen molar-refractivity contribution in [1.82, 2.24) is 14.1 Å². The summed E-state index contributed by atoms with van der Waals surface area (Å²) in [5, 5.41) is 4.04. The Hall–Kier alpha value is -1.91. The van der Waals surface area contributed by atoms with E-state index < -0.39 is 39.2 Å². The molecule has 1 aromatic heterocycles. The zero-order valence-corrected chi connectivity index (χ0v) is 17.2. The lowest BCUT2D eigenvalue weighted by Crippen LogP contribution is -2.43. The monoisotopic (exact) mass is 437 g/mol. The first-order chi connectivity index (χ1) is 12.8. The van der Waals surface area contributed by atoms with Gasteiger partial charge in [-0.25, -0.2) is 13.1 Å². The molecule has 0 aliphatic carbocycles. The number of aromatic nitrogens is 2. The van der Waals surface area contributed by atoms with Crippen LogP contribution in [0.1, 0.15) is 29.8 Å². The average molecular weight is 438 g/mol. The summed E-state index contributed by atoms with van der Waals surface area (Å²) in [5.74, 6) is 0. The van der Waals surface area contributed by atoms with E-state index in [9.17, 15) is 26.4 Å². The van der Waals surface area contributed by atoms with Gasteiger partial charge in [0.1, 0.15) is 10.9 Å². The molecule has 0 aliphatic heterocycles. The van der Waals surface area contributed by atoms with Gasteiger partial charge >= 0.3 is 6.18 Å². The van der Waals surface area contributed by atoms with Crippen LogP contribution in [0.4, 0.5) is 13.2 Å². The minimum atomic E-state index is -4.90. The fraction of sp³-hybridized carbons (Fsp3) is 0.412. The highest BCUT2D eigenvalue weighted by Crippen LogP contribution is 2.41. The van der Waals surface area contributed by atoms with Crippen molar-refractivity contribution in [2.75, 3.05) is 6.54 Å². The Balaban J connectivity index is 2.75. The number of rotatable bonds is 5. The van der Waals surface area contributed by atoms with Crippen molar-refractivity contribution < 1.29 is 21.6 Å². The smallest absolute Gasteiger partial charge is 0.267 e. The largest absolute Gasteiger partial charge is 0.409 e. The molecule has 0 spiro atoms. The summed E-state index contributed by atoms with van der Waals surface area (Å²) in [7, 11) is -3.35. The van der Waals surface area contributed by atoms with Crippen LogP contribution in [0.15, 0.2) is 34.0 Å². The van der Waals surface area contributed by atoms with Crippen molar-refractivity contribution in [2.45, 2.75) is 37.9 Å². The Morgan fingerprint density at radius 3 is 2.21 bits per heavy atom. The van der Waals surface area contributed by atoms with Crippen molar-refractivity contribution in [3.63, 3.8) is 0 Å². The zero-order chi connectivity index (χ0) is 21.4. The van der Waals surface area contributed by atoms with Gasteiger partial charge in [-0.2, -0.15) is 22.6 Å². The molecule has 0 bridgehead atoms. The molecule has 0 amide bonds. The van der Waals surface area contributed by atoms with E-state index in [1.165, 1.54) is 40.0 Å².